The Balaban J connectivity index is 1.96. The van der Waals surface area contributed by atoms with E-state index in [1.165, 1.54) is 64.7 Å². The van der Waals surface area contributed by atoms with Crippen molar-refractivity contribution in [1.82, 2.24) is 15.1 Å². The van der Waals surface area contributed by atoms with Crippen LogP contribution in [-0.2, 0) is 0 Å². The third-order valence-corrected chi connectivity index (χ3v) is 4.57. The number of likely N-dealkylation sites (N-methyl/N-ethyl adjacent to an activating group) is 2. The lowest BCUT2D eigenvalue weighted by molar-refractivity contribution is 0.156. The second kappa shape index (κ2) is 6.72. The van der Waals surface area contributed by atoms with E-state index in [2.05, 4.69) is 29.2 Å². The molecule has 1 heterocycles. The third kappa shape index (κ3) is 3.67. The van der Waals surface area contributed by atoms with Crippen LogP contribution in [0.1, 0.15) is 38.5 Å². The lowest BCUT2D eigenvalue weighted by Gasteiger charge is -2.35. The molecule has 2 fully saturated rings. The highest BCUT2D eigenvalue weighted by atomic mass is 15.2. The highest BCUT2D eigenvalue weighted by Crippen LogP contribution is 2.23. The molecular formula is C14H29N3. The van der Waals surface area contributed by atoms with Gasteiger partial charge in [-0.1, -0.05) is 19.3 Å². The van der Waals surface area contributed by atoms with Crippen molar-refractivity contribution >= 4 is 0 Å². The maximum absolute atomic E-state index is 3.57. The summed E-state index contributed by atoms with van der Waals surface area (Å²) in [6.45, 7) is 5.08. The highest BCUT2D eigenvalue weighted by molar-refractivity contribution is 4.87. The van der Waals surface area contributed by atoms with Crippen LogP contribution in [0, 0.1) is 0 Å². The monoisotopic (exact) mass is 239 g/mol. The van der Waals surface area contributed by atoms with E-state index in [1.54, 1.807) is 0 Å². The molecule has 1 saturated heterocycles. The Morgan fingerprint density at radius 1 is 0.882 bits per heavy atom. The van der Waals surface area contributed by atoms with Gasteiger partial charge in [0.15, 0.2) is 0 Å². The van der Waals surface area contributed by atoms with Gasteiger partial charge in [-0.05, 0) is 46.4 Å². The summed E-state index contributed by atoms with van der Waals surface area (Å²) in [5, 5.41) is 3.57. The van der Waals surface area contributed by atoms with Crippen LogP contribution < -0.4 is 5.32 Å². The molecule has 0 spiro atoms. The van der Waals surface area contributed by atoms with Crippen molar-refractivity contribution in [2.75, 3.05) is 40.3 Å². The Morgan fingerprint density at radius 2 is 1.71 bits per heavy atom. The zero-order chi connectivity index (χ0) is 12.1. The first-order chi connectivity index (χ1) is 8.31. The van der Waals surface area contributed by atoms with Crippen LogP contribution in [-0.4, -0.2) is 62.2 Å². The Hall–Kier alpha value is -0.120. The van der Waals surface area contributed by atoms with Crippen molar-refractivity contribution in [2.24, 2.45) is 0 Å². The third-order valence-electron chi connectivity index (χ3n) is 4.57. The van der Waals surface area contributed by atoms with Crippen LogP contribution in [0.5, 0.6) is 0 Å². The maximum Gasteiger partial charge on any atom is 0.0249 e. The Labute approximate surface area is 107 Å². The summed E-state index contributed by atoms with van der Waals surface area (Å²) in [4.78, 5) is 5.24. The average Bonchev–Trinajstić information content (AvgIpc) is 2.68. The van der Waals surface area contributed by atoms with Crippen LogP contribution in [0.4, 0.5) is 0 Å². The molecule has 1 aliphatic carbocycles. The molecule has 0 aromatic rings. The van der Waals surface area contributed by atoms with E-state index >= 15 is 0 Å². The van der Waals surface area contributed by atoms with E-state index in [1.807, 2.05) is 0 Å². The topological polar surface area (TPSA) is 18.5 Å². The molecule has 100 valence electrons. The average molecular weight is 239 g/mol. The molecule has 1 aliphatic heterocycles. The van der Waals surface area contributed by atoms with Crippen molar-refractivity contribution < 1.29 is 0 Å². The number of hydrogen-bond donors (Lipinski definition) is 1. The Bertz CT molecular complexity index is 220. The molecular weight excluding hydrogens is 210 g/mol. The molecule has 0 aromatic carbocycles. The smallest absolute Gasteiger partial charge is 0.0249 e. The van der Waals surface area contributed by atoms with Crippen LogP contribution in [0.25, 0.3) is 0 Å². The highest BCUT2D eigenvalue weighted by Gasteiger charge is 2.28. The molecule has 3 nitrogen and oxygen atoms in total. The fraction of sp³-hybridized carbons (Fsp3) is 1.00. The van der Waals surface area contributed by atoms with Gasteiger partial charge in [0, 0.05) is 25.2 Å². The first kappa shape index (κ1) is 13.3. The number of nitrogens with one attached hydrogen (secondary N) is 1. The Kier molecular flexibility index (Phi) is 5.26. The van der Waals surface area contributed by atoms with Gasteiger partial charge in [-0.15, -0.1) is 0 Å². The zero-order valence-electron chi connectivity index (χ0n) is 11.6. The summed E-state index contributed by atoms with van der Waals surface area (Å²) >= 11 is 0. The molecule has 2 atom stereocenters. The van der Waals surface area contributed by atoms with Gasteiger partial charge in [0.2, 0.25) is 0 Å². The minimum atomic E-state index is 0.723. The van der Waals surface area contributed by atoms with Crippen molar-refractivity contribution in [1.29, 1.82) is 0 Å². The molecule has 1 N–H and O–H groups in total. The van der Waals surface area contributed by atoms with Gasteiger partial charge in [-0.25, -0.2) is 0 Å². The van der Waals surface area contributed by atoms with Crippen LogP contribution in [0.15, 0.2) is 0 Å². The first-order valence-corrected chi connectivity index (χ1v) is 7.41. The van der Waals surface area contributed by atoms with E-state index in [4.69, 9.17) is 0 Å². The largest absolute Gasteiger partial charge is 0.315 e. The molecule has 2 unspecified atom stereocenters. The summed E-state index contributed by atoms with van der Waals surface area (Å²) in [6.07, 6.45) is 8.37. The molecule has 0 bridgehead atoms. The van der Waals surface area contributed by atoms with E-state index in [-0.39, 0.29) is 0 Å². The standard InChI is InChI=1S/C14H29N3/c1-15-13-7-4-3-5-8-14(13)17-10-6-9-16(2)11-12-17/h13-15H,3-12H2,1-2H3. The fourth-order valence-corrected chi connectivity index (χ4v) is 3.46. The number of rotatable bonds is 2. The van der Waals surface area contributed by atoms with Gasteiger partial charge in [0.25, 0.3) is 0 Å². The van der Waals surface area contributed by atoms with Crippen molar-refractivity contribution in [3.05, 3.63) is 0 Å². The number of hydrogen-bond acceptors (Lipinski definition) is 3. The molecule has 1 saturated carbocycles. The minimum Gasteiger partial charge on any atom is -0.315 e. The Morgan fingerprint density at radius 3 is 2.53 bits per heavy atom. The van der Waals surface area contributed by atoms with Crippen LogP contribution in [0.2, 0.25) is 0 Å². The lowest BCUT2D eigenvalue weighted by Crippen LogP contribution is -2.49. The van der Waals surface area contributed by atoms with Crippen molar-refractivity contribution in [2.45, 2.75) is 50.6 Å². The number of nitrogens with zero attached hydrogens (tertiary/aromatic N) is 2. The summed E-state index contributed by atoms with van der Waals surface area (Å²) in [7, 11) is 4.40. The summed E-state index contributed by atoms with van der Waals surface area (Å²) in [5.41, 5.74) is 0. The zero-order valence-corrected chi connectivity index (χ0v) is 11.6. The summed E-state index contributed by atoms with van der Waals surface area (Å²) in [5.74, 6) is 0. The molecule has 2 aliphatic rings. The molecule has 17 heavy (non-hydrogen) atoms. The molecule has 2 rings (SSSR count). The predicted molar refractivity (Wildman–Crippen MR) is 73.4 cm³/mol. The van der Waals surface area contributed by atoms with Gasteiger partial charge < -0.3 is 10.2 Å². The fourth-order valence-electron chi connectivity index (χ4n) is 3.46. The van der Waals surface area contributed by atoms with E-state index in [9.17, 15) is 0 Å². The molecule has 3 heteroatoms. The lowest BCUT2D eigenvalue weighted by atomic mass is 10.0. The van der Waals surface area contributed by atoms with Crippen LogP contribution >= 0.6 is 0 Å². The van der Waals surface area contributed by atoms with E-state index in [0.717, 1.165) is 12.1 Å². The van der Waals surface area contributed by atoms with Crippen LogP contribution in [0.3, 0.4) is 0 Å². The van der Waals surface area contributed by atoms with Crippen molar-refractivity contribution in [3.8, 4) is 0 Å². The SMILES string of the molecule is CNC1CCCCCC1N1CCCN(C)CC1. The maximum atomic E-state index is 3.57. The molecule has 0 amide bonds. The molecule has 0 aromatic heterocycles. The minimum absolute atomic E-state index is 0.723. The van der Waals surface area contributed by atoms with Gasteiger partial charge in [-0.3, -0.25) is 4.90 Å². The van der Waals surface area contributed by atoms with E-state index < -0.39 is 0 Å². The van der Waals surface area contributed by atoms with Gasteiger partial charge >= 0.3 is 0 Å². The predicted octanol–water partition coefficient (Wildman–Crippen LogP) is 1.54. The van der Waals surface area contributed by atoms with Gasteiger partial charge in [-0.2, -0.15) is 0 Å². The molecule has 0 radical (unpaired) electrons. The van der Waals surface area contributed by atoms with Gasteiger partial charge in [0.1, 0.15) is 0 Å². The second-order valence-corrected chi connectivity index (χ2v) is 5.79. The van der Waals surface area contributed by atoms with Crippen molar-refractivity contribution in [3.63, 3.8) is 0 Å². The second-order valence-electron chi connectivity index (χ2n) is 5.79. The summed E-state index contributed by atoms with van der Waals surface area (Å²) < 4.78 is 0. The van der Waals surface area contributed by atoms with Gasteiger partial charge in [0.05, 0.1) is 0 Å². The summed E-state index contributed by atoms with van der Waals surface area (Å²) in [6, 6.07) is 1.51. The van der Waals surface area contributed by atoms with E-state index in [0.29, 0.717) is 0 Å². The first-order valence-electron chi connectivity index (χ1n) is 7.41. The quantitative estimate of drug-likeness (QED) is 0.738. The normalized spacial score (nSPS) is 34.2.